The first-order valence-corrected chi connectivity index (χ1v) is 10.9. The number of piperazine rings is 1. The molecule has 2 N–H and O–H groups in total. The molecule has 0 spiro atoms. The van der Waals surface area contributed by atoms with E-state index >= 15 is 0 Å². The van der Waals surface area contributed by atoms with Crippen molar-refractivity contribution in [1.82, 2.24) is 10.2 Å². The minimum Gasteiger partial charge on any atom is -0.369 e. The van der Waals surface area contributed by atoms with E-state index in [-0.39, 0.29) is 11.0 Å². The summed E-state index contributed by atoms with van der Waals surface area (Å²) in [7, 11) is 0. The maximum Gasteiger partial charge on any atom is 0.250 e. The third kappa shape index (κ3) is 6.44. The summed E-state index contributed by atoms with van der Waals surface area (Å²) in [5.41, 5.74) is 2.71. The van der Waals surface area contributed by atoms with Gasteiger partial charge in [-0.05, 0) is 66.8 Å². The second-order valence-electron chi connectivity index (χ2n) is 6.91. The van der Waals surface area contributed by atoms with Crippen molar-refractivity contribution in [2.24, 2.45) is 0 Å². The summed E-state index contributed by atoms with van der Waals surface area (Å²) in [5.74, 6) is -0.344. The van der Waals surface area contributed by atoms with Crippen LogP contribution in [0.1, 0.15) is 12.5 Å². The van der Waals surface area contributed by atoms with Crippen molar-refractivity contribution in [3.05, 3.63) is 64.1 Å². The summed E-state index contributed by atoms with van der Waals surface area (Å²) in [6, 6.07) is 13.1. The average molecular weight is 463 g/mol. The molecule has 3 rings (SSSR count). The first-order valence-electron chi connectivity index (χ1n) is 9.77. The van der Waals surface area contributed by atoms with Crippen molar-refractivity contribution in [2.45, 2.75) is 6.92 Å². The van der Waals surface area contributed by atoms with Gasteiger partial charge in [0.25, 0.3) is 0 Å². The van der Waals surface area contributed by atoms with Crippen molar-refractivity contribution in [1.29, 1.82) is 0 Å². The minimum atomic E-state index is -0.344. The summed E-state index contributed by atoms with van der Waals surface area (Å²) in [6.07, 6.45) is 2.99. The zero-order chi connectivity index (χ0) is 21.5. The van der Waals surface area contributed by atoms with Crippen LogP contribution in [0.4, 0.5) is 11.4 Å². The molecule has 1 heterocycles. The van der Waals surface area contributed by atoms with Crippen LogP contribution in [0.3, 0.4) is 0 Å². The van der Waals surface area contributed by atoms with E-state index in [0.717, 1.165) is 38.4 Å². The van der Waals surface area contributed by atoms with E-state index in [4.69, 9.17) is 35.4 Å². The molecule has 30 heavy (non-hydrogen) atoms. The lowest BCUT2D eigenvalue weighted by Gasteiger charge is -2.35. The highest BCUT2D eigenvalue weighted by molar-refractivity contribution is 7.80. The molecule has 1 aliphatic heterocycles. The van der Waals surface area contributed by atoms with Gasteiger partial charge in [-0.3, -0.25) is 10.1 Å². The fourth-order valence-electron chi connectivity index (χ4n) is 3.20. The average Bonchev–Trinajstić information content (AvgIpc) is 2.73. The van der Waals surface area contributed by atoms with Gasteiger partial charge in [-0.15, -0.1) is 0 Å². The van der Waals surface area contributed by atoms with E-state index in [9.17, 15) is 4.79 Å². The molecule has 1 fully saturated rings. The molecule has 0 aromatic heterocycles. The Kier molecular flexibility index (Phi) is 8.10. The molecule has 0 saturated carbocycles. The largest absolute Gasteiger partial charge is 0.369 e. The fourth-order valence-corrected chi connectivity index (χ4v) is 3.89. The number of anilines is 2. The Balaban J connectivity index is 1.49. The SMILES string of the molecule is CCN1CCN(c2ccc(NC(=S)NC(=O)/C=C/c3ccc(Cl)cc3Cl)cc2)CC1. The van der Waals surface area contributed by atoms with Crippen molar-refractivity contribution < 1.29 is 4.79 Å². The number of carbonyl (C=O) groups is 1. The number of thiocarbonyl (C=S) groups is 1. The molecule has 0 bridgehead atoms. The number of likely N-dealkylation sites (N-methyl/N-ethyl adjacent to an activating group) is 1. The zero-order valence-electron chi connectivity index (χ0n) is 16.7. The van der Waals surface area contributed by atoms with E-state index in [1.165, 1.54) is 11.8 Å². The Morgan fingerprint density at radius 2 is 1.80 bits per heavy atom. The Bertz CT molecular complexity index is 925. The second-order valence-corrected chi connectivity index (χ2v) is 8.16. The van der Waals surface area contributed by atoms with Gasteiger partial charge in [-0.1, -0.05) is 36.2 Å². The summed E-state index contributed by atoms with van der Waals surface area (Å²) in [5, 5.41) is 6.91. The molecule has 0 atom stereocenters. The number of carbonyl (C=O) groups excluding carboxylic acids is 1. The lowest BCUT2D eigenvalue weighted by molar-refractivity contribution is -0.115. The van der Waals surface area contributed by atoms with E-state index in [0.29, 0.717) is 15.6 Å². The van der Waals surface area contributed by atoms with Gasteiger partial charge in [0.1, 0.15) is 0 Å². The van der Waals surface area contributed by atoms with Crippen LogP contribution in [-0.2, 0) is 4.79 Å². The lowest BCUT2D eigenvalue weighted by Crippen LogP contribution is -2.46. The van der Waals surface area contributed by atoms with Crippen LogP contribution in [0.5, 0.6) is 0 Å². The molecule has 1 amide bonds. The van der Waals surface area contributed by atoms with E-state index in [2.05, 4.69) is 39.5 Å². The van der Waals surface area contributed by atoms with Crippen LogP contribution in [0.25, 0.3) is 6.08 Å². The fraction of sp³-hybridized carbons (Fsp3) is 0.273. The predicted molar refractivity (Wildman–Crippen MR) is 131 cm³/mol. The van der Waals surface area contributed by atoms with Crippen LogP contribution < -0.4 is 15.5 Å². The number of nitrogens with one attached hydrogen (secondary N) is 2. The lowest BCUT2D eigenvalue weighted by atomic mass is 10.2. The standard InChI is InChI=1S/C22H24Cl2N4OS/c1-2-27-11-13-28(14-12-27)19-8-6-18(7-9-19)25-22(30)26-21(29)10-4-16-3-5-17(23)15-20(16)24/h3-10,15H,2,11-14H2,1H3,(H2,25,26,29,30)/b10-4+. The molecule has 1 aliphatic rings. The van der Waals surface area contributed by atoms with Gasteiger partial charge in [0.15, 0.2) is 5.11 Å². The monoisotopic (exact) mass is 462 g/mol. The van der Waals surface area contributed by atoms with Crippen LogP contribution >= 0.6 is 35.4 Å². The molecule has 5 nitrogen and oxygen atoms in total. The van der Waals surface area contributed by atoms with Crippen molar-refractivity contribution in [3.63, 3.8) is 0 Å². The number of rotatable bonds is 5. The van der Waals surface area contributed by atoms with Crippen LogP contribution in [0.2, 0.25) is 10.0 Å². The van der Waals surface area contributed by atoms with Gasteiger partial charge in [0.2, 0.25) is 5.91 Å². The summed E-state index contributed by atoms with van der Waals surface area (Å²) < 4.78 is 0. The number of benzene rings is 2. The molecule has 2 aromatic rings. The molecular weight excluding hydrogens is 439 g/mol. The molecule has 158 valence electrons. The van der Waals surface area contributed by atoms with Crippen molar-refractivity contribution >= 4 is 63.9 Å². The molecule has 2 aromatic carbocycles. The number of hydrogen-bond donors (Lipinski definition) is 2. The molecule has 0 unspecified atom stereocenters. The van der Waals surface area contributed by atoms with Gasteiger partial charge >= 0.3 is 0 Å². The third-order valence-electron chi connectivity index (χ3n) is 4.92. The Morgan fingerprint density at radius 3 is 2.43 bits per heavy atom. The van der Waals surface area contributed by atoms with Crippen LogP contribution in [0.15, 0.2) is 48.5 Å². The topological polar surface area (TPSA) is 47.6 Å². The molecular formula is C22H24Cl2N4OS. The normalized spacial score (nSPS) is 14.7. The van der Waals surface area contributed by atoms with Gasteiger partial charge in [-0.2, -0.15) is 0 Å². The maximum atomic E-state index is 12.1. The van der Waals surface area contributed by atoms with Crippen molar-refractivity contribution in [2.75, 3.05) is 42.9 Å². The van der Waals surface area contributed by atoms with Gasteiger partial charge in [0.05, 0.1) is 0 Å². The van der Waals surface area contributed by atoms with E-state index < -0.39 is 0 Å². The smallest absolute Gasteiger partial charge is 0.250 e. The molecule has 8 heteroatoms. The molecule has 1 saturated heterocycles. The predicted octanol–water partition coefficient (Wildman–Crippen LogP) is 4.66. The maximum absolute atomic E-state index is 12.1. The van der Waals surface area contributed by atoms with Crippen LogP contribution in [0, 0.1) is 0 Å². The Hall–Kier alpha value is -2.12. The third-order valence-corrected chi connectivity index (χ3v) is 5.69. The first-order chi connectivity index (χ1) is 14.4. The Labute approximate surface area is 192 Å². The highest BCUT2D eigenvalue weighted by atomic mass is 35.5. The second kappa shape index (κ2) is 10.8. The zero-order valence-corrected chi connectivity index (χ0v) is 19.0. The molecule has 0 aliphatic carbocycles. The number of amides is 1. The summed E-state index contributed by atoms with van der Waals surface area (Å²) >= 11 is 17.2. The summed E-state index contributed by atoms with van der Waals surface area (Å²) in [4.78, 5) is 16.9. The Morgan fingerprint density at radius 1 is 1.10 bits per heavy atom. The molecule has 0 radical (unpaired) electrons. The quantitative estimate of drug-likeness (QED) is 0.499. The first kappa shape index (κ1) is 22.6. The van der Waals surface area contributed by atoms with Crippen LogP contribution in [-0.4, -0.2) is 48.6 Å². The highest BCUT2D eigenvalue weighted by Gasteiger charge is 2.15. The number of halogens is 2. The van der Waals surface area contributed by atoms with Crippen molar-refractivity contribution in [3.8, 4) is 0 Å². The minimum absolute atomic E-state index is 0.233. The number of nitrogens with zero attached hydrogens (tertiary/aromatic N) is 2. The number of hydrogen-bond acceptors (Lipinski definition) is 4. The van der Waals surface area contributed by atoms with Gasteiger partial charge in [-0.25, -0.2) is 0 Å². The van der Waals surface area contributed by atoms with E-state index in [1.54, 1.807) is 24.3 Å². The van der Waals surface area contributed by atoms with E-state index in [1.807, 2.05) is 12.1 Å². The van der Waals surface area contributed by atoms with Gasteiger partial charge < -0.3 is 15.1 Å². The van der Waals surface area contributed by atoms with Gasteiger partial charge in [0, 0.05) is 53.7 Å². The highest BCUT2D eigenvalue weighted by Crippen LogP contribution is 2.22. The summed E-state index contributed by atoms with van der Waals surface area (Å²) in [6.45, 7) is 7.52.